The van der Waals surface area contributed by atoms with Crippen LogP contribution in [0.5, 0.6) is 0 Å². The molecule has 0 fully saturated rings. The van der Waals surface area contributed by atoms with E-state index in [0.717, 1.165) is 5.69 Å². The Bertz CT molecular complexity index is 270. The van der Waals surface area contributed by atoms with Gasteiger partial charge in [-0.2, -0.15) is 5.26 Å². The normalized spacial score (nSPS) is 12.5. The van der Waals surface area contributed by atoms with Crippen LogP contribution in [0, 0.1) is 11.3 Å². The number of hydrogen-bond acceptors (Lipinski definition) is 2. The van der Waals surface area contributed by atoms with Crippen molar-refractivity contribution in [1.29, 1.82) is 5.26 Å². The average Bonchev–Trinajstić information content (AvgIpc) is 2.36. The molecule has 1 aromatic heterocycles. The fraction of sp³-hybridized carbons (Fsp3) is 0.375. The van der Waals surface area contributed by atoms with Gasteiger partial charge in [0.15, 0.2) is 0 Å². The molecule has 58 valence electrons. The zero-order valence-corrected chi connectivity index (χ0v) is 6.36. The first kappa shape index (κ1) is 7.83. The minimum Gasteiger partial charge on any atom is -0.374 e. The van der Waals surface area contributed by atoms with Crippen molar-refractivity contribution in [3.05, 3.63) is 24.0 Å². The van der Waals surface area contributed by atoms with Crippen LogP contribution in [-0.4, -0.2) is 9.67 Å². The fourth-order valence-corrected chi connectivity index (χ4v) is 1.02. The Morgan fingerprint density at radius 1 is 1.82 bits per heavy atom. The van der Waals surface area contributed by atoms with E-state index in [9.17, 15) is 5.11 Å². The minimum absolute atomic E-state index is 0.345. The molecule has 3 nitrogen and oxygen atoms in total. The van der Waals surface area contributed by atoms with Crippen LogP contribution in [0.2, 0.25) is 0 Å². The fourth-order valence-electron chi connectivity index (χ4n) is 1.02. The number of aliphatic hydroxyl groups is 1. The van der Waals surface area contributed by atoms with Gasteiger partial charge in [-0.15, -0.1) is 0 Å². The lowest BCUT2D eigenvalue weighted by Gasteiger charge is -2.08. The molecular weight excluding hydrogens is 140 g/mol. The van der Waals surface area contributed by atoms with Gasteiger partial charge in [0.1, 0.15) is 6.23 Å². The summed E-state index contributed by atoms with van der Waals surface area (Å²) in [6, 6.07) is 5.68. The van der Waals surface area contributed by atoms with E-state index in [4.69, 9.17) is 5.26 Å². The molecule has 0 aliphatic carbocycles. The number of nitriles is 1. The summed E-state index contributed by atoms with van der Waals surface area (Å²) in [5.41, 5.74) is 0.850. The molecule has 1 atom stereocenters. The molecule has 1 aromatic rings. The first-order valence-corrected chi connectivity index (χ1v) is 3.46. The third-order valence-corrected chi connectivity index (χ3v) is 1.53. The summed E-state index contributed by atoms with van der Waals surface area (Å²) in [6.07, 6.45) is 1.56. The molecule has 0 aromatic carbocycles. The zero-order valence-electron chi connectivity index (χ0n) is 6.36. The highest BCUT2D eigenvalue weighted by atomic mass is 16.3. The maximum atomic E-state index is 9.17. The van der Waals surface area contributed by atoms with E-state index in [1.54, 1.807) is 17.7 Å². The summed E-state index contributed by atoms with van der Waals surface area (Å²) in [5.74, 6) is 0. The van der Waals surface area contributed by atoms with E-state index in [-0.39, 0.29) is 0 Å². The first-order chi connectivity index (χ1) is 5.25. The predicted molar refractivity (Wildman–Crippen MR) is 40.7 cm³/mol. The van der Waals surface area contributed by atoms with Crippen molar-refractivity contribution in [3.8, 4) is 6.07 Å². The van der Waals surface area contributed by atoms with Gasteiger partial charge in [0.05, 0.1) is 12.5 Å². The van der Waals surface area contributed by atoms with Crippen molar-refractivity contribution in [2.24, 2.45) is 0 Å². The summed E-state index contributed by atoms with van der Waals surface area (Å²) < 4.78 is 1.67. The SMILES string of the molecule is CC(O)n1cccc1CC#N. The number of hydrogen-bond donors (Lipinski definition) is 1. The Balaban J connectivity index is 2.89. The van der Waals surface area contributed by atoms with Crippen LogP contribution in [0.4, 0.5) is 0 Å². The molecule has 0 amide bonds. The van der Waals surface area contributed by atoms with Gasteiger partial charge in [0.25, 0.3) is 0 Å². The van der Waals surface area contributed by atoms with E-state index >= 15 is 0 Å². The molecule has 0 saturated carbocycles. The van der Waals surface area contributed by atoms with Gasteiger partial charge in [-0.3, -0.25) is 0 Å². The monoisotopic (exact) mass is 150 g/mol. The van der Waals surface area contributed by atoms with Crippen molar-refractivity contribution in [2.45, 2.75) is 19.6 Å². The molecule has 1 N–H and O–H groups in total. The summed E-state index contributed by atoms with van der Waals surface area (Å²) in [6.45, 7) is 1.67. The van der Waals surface area contributed by atoms with E-state index in [1.807, 2.05) is 18.2 Å². The summed E-state index contributed by atoms with van der Waals surface area (Å²) in [7, 11) is 0. The van der Waals surface area contributed by atoms with E-state index < -0.39 is 6.23 Å². The van der Waals surface area contributed by atoms with Gasteiger partial charge < -0.3 is 9.67 Å². The van der Waals surface area contributed by atoms with Crippen molar-refractivity contribution >= 4 is 0 Å². The van der Waals surface area contributed by atoms with Crippen LogP contribution in [0.3, 0.4) is 0 Å². The van der Waals surface area contributed by atoms with Gasteiger partial charge in [-0.1, -0.05) is 0 Å². The Labute approximate surface area is 65.5 Å². The largest absolute Gasteiger partial charge is 0.374 e. The van der Waals surface area contributed by atoms with Gasteiger partial charge in [0.2, 0.25) is 0 Å². The Morgan fingerprint density at radius 3 is 3.09 bits per heavy atom. The molecule has 0 spiro atoms. The zero-order chi connectivity index (χ0) is 8.27. The van der Waals surface area contributed by atoms with Crippen LogP contribution >= 0.6 is 0 Å². The molecule has 1 rings (SSSR count). The smallest absolute Gasteiger partial charge is 0.127 e. The van der Waals surface area contributed by atoms with Crippen LogP contribution in [0.1, 0.15) is 18.8 Å². The Kier molecular flexibility index (Phi) is 2.29. The highest BCUT2D eigenvalue weighted by Crippen LogP contribution is 2.08. The second kappa shape index (κ2) is 3.22. The van der Waals surface area contributed by atoms with E-state index in [2.05, 4.69) is 0 Å². The standard InChI is InChI=1S/C8H10N2O/c1-7(11)10-6-2-3-8(10)4-5-9/h2-3,6-7,11H,4H2,1H3. The number of nitrogens with zero attached hydrogens (tertiary/aromatic N) is 2. The molecule has 0 bridgehead atoms. The second-order valence-electron chi connectivity index (χ2n) is 2.37. The molecule has 3 heteroatoms. The summed E-state index contributed by atoms with van der Waals surface area (Å²) in [5, 5.41) is 17.6. The molecule has 1 heterocycles. The maximum Gasteiger partial charge on any atom is 0.127 e. The quantitative estimate of drug-likeness (QED) is 0.685. The Morgan fingerprint density at radius 2 is 2.55 bits per heavy atom. The molecule has 0 radical (unpaired) electrons. The molecular formula is C8H10N2O. The minimum atomic E-state index is -0.548. The van der Waals surface area contributed by atoms with Crippen molar-refractivity contribution < 1.29 is 5.11 Å². The third kappa shape index (κ3) is 1.60. The molecule has 1 unspecified atom stereocenters. The lowest BCUT2D eigenvalue weighted by molar-refractivity contribution is 0.122. The lowest BCUT2D eigenvalue weighted by Crippen LogP contribution is -2.05. The highest BCUT2D eigenvalue weighted by molar-refractivity contribution is 5.11. The topological polar surface area (TPSA) is 49.0 Å². The summed E-state index contributed by atoms with van der Waals surface area (Å²) >= 11 is 0. The van der Waals surface area contributed by atoms with Crippen LogP contribution < -0.4 is 0 Å². The summed E-state index contributed by atoms with van der Waals surface area (Å²) in [4.78, 5) is 0. The Hall–Kier alpha value is -1.27. The van der Waals surface area contributed by atoms with Crippen LogP contribution in [0.15, 0.2) is 18.3 Å². The molecule has 0 saturated heterocycles. The average molecular weight is 150 g/mol. The van der Waals surface area contributed by atoms with Crippen LogP contribution in [0.25, 0.3) is 0 Å². The first-order valence-electron chi connectivity index (χ1n) is 3.46. The van der Waals surface area contributed by atoms with Gasteiger partial charge in [-0.05, 0) is 19.1 Å². The molecule has 0 aliphatic heterocycles. The maximum absolute atomic E-state index is 9.17. The van der Waals surface area contributed by atoms with Gasteiger partial charge >= 0.3 is 0 Å². The van der Waals surface area contributed by atoms with Gasteiger partial charge in [0, 0.05) is 11.9 Å². The van der Waals surface area contributed by atoms with Crippen LogP contribution in [-0.2, 0) is 6.42 Å². The molecule has 11 heavy (non-hydrogen) atoms. The second-order valence-corrected chi connectivity index (χ2v) is 2.37. The highest BCUT2D eigenvalue weighted by Gasteiger charge is 2.03. The number of aromatic nitrogens is 1. The number of rotatable bonds is 2. The van der Waals surface area contributed by atoms with Crippen molar-refractivity contribution in [3.63, 3.8) is 0 Å². The molecule has 0 aliphatic rings. The number of aliphatic hydroxyl groups excluding tert-OH is 1. The lowest BCUT2D eigenvalue weighted by atomic mass is 10.3. The van der Waals surface area contributed by atoms with E-state index in [1.165, 1.54) is 0 Å². The third-order valence-electron chi connectivity index (χ3n) is 1.53. The van der Waals surface area contributed by atoms with Gasteiger partial charge in [-0.25, -0.2) is 0 Å². The van der Waals surface area contributed by atoms with E-state index in [0.29, 0.717) is 6.42 Å². The predicted octanol–water partition coefficient (Wildman–Crippen LogP) is 1.06. The van der Waals surface area contributed by atoms with Crippen molar-refractivity contribution in [2.75, 3.05) is 0 Å². The van der Waals surface area contributed by atoms with Crippen molar-refractivity contribution in [1.82, 2.24) is 4.57 Å².